The third-order valence-electron chi connectivity index (χ3n) is 3.93. The van der Waals surface area contributed by atoms with Crippen LogP contribution in [0, 0.1) is 0 Å². The Labute approximate surface area is 152 Å². The number of morpholine rings is 1. The Balaban J connectivity index is 1.62. The molecule has 0 spiro atoms. The number of carbonyl (C=O) groups excluding carboxylic acids is 1. The van der Waals surface area contributed by atoms with Crippen LogP contribution in [0.3, 0.4) is 0 Å². The molecule has 25 heavy (non-hydrogen) atoms. The zero-order valence-corrected chi connectivity index (χ0v) is 15.9. The Morgan fingerprint density at radius 2 is 2.12 bits per heavy atom. The topological polar surface area (TPSA) is 70.2 Å². The SMILES string of the molecule is CC(C)(C)SCC(=O)Nc1ccc2nc(CN3CCOCC3)[nH]c2c1. The lowest BCUT2D eigenvalue weighted by Crippen LogP contribution is -2.35. The number of benzene rings is 1. The fraction of sp³-hybridized carbons (Fsp3) is 0.556. The molecular formula is C18H26N4O2S. The lowest BCUT2D eigenvalue weighted by Gasteiger charge is -2.25. The van der Waals surface area contributed by atoms with Crippen molar-refractivity contribution in [1.29, 1.82) is 0 Å². The lowest BCUT2D eigenvalue weighted by molar-refractivity contribution is -0.113. The predicted molar refractivity (Wildman–Crippen MR) is 103 cm³/mol. The molecule has 0 atom stereocenters. The van der Waals surface area contributed by atoms with Crippen LogP contribution in [0.15, 0.2) is 18.2 Å². The lowest BCUT2D eigenvalue weighted by atomic mass is 10.3. The molecule has 0 radical (unpaired) electrons. The highest BCUT2D eigenvalue weighted by atomic mass is 32.2. The Bertz CT molecular complexity index is 732. The minimum atomic E-state index is 0.0207. The van der Waals surface area contributed by atoms with E-state index >= 15 is 0 Å². The molecule has 0 bridgehead atoms. The van der Waals surface area contributed by atoms with Gasteiger partial charge in [0.25, 0.3) is 0 Å². The van der Waals surface area contributed by atoms with Crippen LogP contribution in [-0.2, 0) is 16.1 Å². The first-order valence-electron chi connectivity index (χ1n) is 8.62. The van der Waals surface area contributed by atoms with Crippen molar-refractivity contribution in [3.63, 3.8) is 0 Å². The molecule has 2 N–H and O–H groups in total. The van der Waals surface area contributed by atoms with Crippen LogP contribution in [0.25, 0.3) is 11.0 Å². The summed E-state index contributed by atoms with van der Waals surface area (Å²) >= 11 is 1.64. The molecule has 3 rings (SSSR count). The van der Waals surface area contributed by atoms with Crippen LogP contribution >= 0.6 is 11.8 Å². The third-order valence-corrected chi connectivity index (χ3v) is 5.20. The summed E-state index contributed by atoms with van der Waals surface area (Å²) in [6, 6.07) is 5.80. The molecular weight excluding hydrogens is 336 g/mol. The summed E-state index contributed by atoms with van der Waals surface area (Å²) in [4.78, 5) is 22.4. The molecule has 0 unspecified atom stereocenters. The fourth-order valence-electron chi connectivity index (χ4n) is 2.67. The van der Waals surface area contributed by atoms with Crippen LogP contribution in [0.4, 0.5) is 5.69 Å². The summed E-state index contributed by atoms with van der Waals surface area (Å²) < 4.78 is 5.46. The molecule has 2 heterocycles. The van der Waals surface area contributed by atoms with Gasteiger partial charge < -0.3 is 15.0 Å². The summed E-state index contributed by atoms with van der Waals surface area (Å²) in [6.45, 7) is 10.5. The first-order valence-corrected chi connectivity index (χ1v) is 9.60. The number of aromatic amines is 1. The second-order valence-electron chi connectivity index (χ2n) is 7.25. The van der Waals surface area contributed by atoms with E-state index in [1.54, 1.807) is 11.8 Å². The first kappa shape index (κ1) is 18.2. The van der Waals surface area contributed by atoms with Crippen molar-refractivity contribution in [3.05, 3.63) is 24.0 Å². The third kappa shape index (κ3) is 5.45. The summed E-state index contributed by atoms with van der Waals surface area (Å²) in [6.07, 6.45) is 0. The number of thioether (sulfide) groups is 1. The number of amides is 1. The van der Waals surface area contributed by atoms with Crippen molar-refractivity contribution >= 4 is 34.4 Å². The number of aromatic nitrogens is 2. The molecule has 136 valence electrons. The van der Waals surface area contributed by atoms with E-state index in [0.717, 1.165) is 55.4 Å². The van der Waals surface area contributed by atoms with Crippen LogP contribution in [0.2, 0.25) is 0 Å². The Morgan fingerprint density at radius 1 is 1.36 bits per heavy atom. The molecule has 6 nitrogen and oxygen atoms in total. The standard InChI is InChI=1S/C18H26N4O2S/c1-18(2,3)25-12-17(23)19-13-4-5-14-15(10-13)21-16(20-14)11-22-6-8-24-9-7-22/h4-5,10H,6-9,11-12H2,1-3H3,(H,19,23)(H,20,21). The Morgan fingerprint density at radius 3 is 2.84 bits per heavy atom. The number of ether oxygens (including phenoxy) is 1. The molecule has 1 saturated heterocycles. The number of hydrogen-bond donors (Lipinski definition) is 2. The van der Waals surface area contributed by atoms with Gasteiger partial charge >= 0.3 is 0 Å². The number of hydrogen-bond acceptors (Lipinski definition) is 5. The molecule has 1 aliphatic heterocycles. The second-order valence-corrected chi connectivity index (χ2v) is 9.06. The van der Waals surface area contributed by atoms with Crippen molar-refractivity contribution in [3.8, 4) is 0 Å². The monoisotopic (exact) mass is 362 g/mol. The van der Waals surface area contributed by atoms with Crippen molar-refractivity contribution in [2.45, 2.75) is 32.1 Å². The van der Waals surface area contributed by atoms with Crippen molar-refractivity contribution in [2.75, 3.05) is 37.4 Å². The minimum Gasteiger partial charge on any atom is -0.379 e. The van der Waals surface area contributed by atoms with Gasteiger partial charge in [0.2, 0.25) is 5.91 Å². The summed E-state index contributed by atoms with van der Waals surface area (Å²) in [5.41, 5.74) is 2.67. The molecule has 1 fully saturated rings. The van der Waals surface area contributed by atoms with Gasteiger partial charge in [0.05, 0.1) is 36.5 Å². The maximum Gasteiger partial charge on any atom is 0.234 e. The molecule has 0 saturated carbocycles. The molecule has 1 aromatic carbocycles. The molecule has 1 aromatic heterocycles. The van der Waals surface area contributed by atoms with E-state index in [9.17, 15) is 4.79 Å². The smallest absolute Gasteiger partial charge is 0.234 e. The minimum absolute atomic E-state index is 0.0207. The number of rotatable bonds is 5. The van der Waals surface area contributed by atoms with E-state index < -0.39 is 0 Å². The van der Waals surface area contributed by atoms with Crippen LogP contribution in [0.1, 0.15) is 26.6 Å². The number of H-pyrrole nitrogens is 1. The van der Waals surface area contributed by atoms with Gasteiger partial charge in [-0.3, -0.25) is 9.69 Å². The van der Waals surface area contributed by atoms with Crippen LogP contribution in [-0.4, -0.2) is 57.6 Å². The molecule has 7 heteroatoms. The predicted octanol–water partition coefficient (Wildman–Crippen LogP) is 2.87. The maximum absolute atomic E-state index is 12.1. The van der Waals surface area contributed by atoms with E-state index in [-0.39, 0.29) is 10.7 Å². The Kier molecular flexibility index (Phi) is 5.66. The largest absolute Gasteiger partial charge is 0.379 e. The van der Waals surface area contributed by atoms with E-state index in [1.807, 2.05) is 18.2 Å². The summed E-state index contributed by atoms with van der Waals surface area (Å²) in [5.74, 6) is 1.42. The first-order chi connectivity index (χ1) is 11.9. The highest BCUT2D eigenvalue weighted by molar-refractivity contribution is 8.01. The quantitative estimate of drug-likeness (QED) is 0.856. The van der Waals surface area contributed by atoms with Gasteiger partial charge in [-0.05, 0) is 18.2 Å². The van der Waals surface area contributed by atoms with E-state index in [0.29, 0.717) is 5.75 Å². The number of carbonyl (C=O) groups is 1. The van der Waals surface area contributed by atoms with Gasteiger partial charge in [-0.2, -0.15) is 0 Å². The van der Waals surface area contributed by atoms with E-state index in [2.05, 4.69) is 41.0 Å². The number of nitrogens with zero attached hydrogens (tertiary/aromatic N) is 2. The van der Waals surface area contributed by atoms with Gasteiger partial charge in [-0.1, -0.05) is 20.8 Å². The number of nitrogens with one attached hydrogen (secondary N) is 2. The molecule has 1 amide bonds. The van der Waals surface area contributed by atoms with Gasteiger partial charge in [-0.25, -0.2) is 4.98 Å². The summed E-state index contributed by atoms with van der Waals surface area (Å²) in [5, 5.41) is 2.96. The Hall–Kier alpha value is -1.57. The highest BCUT2D eigenvalue weighted by Gasteiger charge is 2.15. The van der Waals surface area contributed by atoms with E-state index in [1.165, 1.54) is 0 Å². The molecule has 0 aliphatic carbocycles. The highest BCUT2D eigenvalue weighted by Crippen LogP contribution is 2.23. The molecule has 2 aromatic rings. The number of anilines is 1. The van der Waals surface area contributed by atoms with Crippen LogP contribution < -0.4 is 5.32 Å². The normalized spacial score (nSPS) is 16.3. The second kappa shape index (κ2) is 7.76. The van der Waals surface area contributed by atoms with E-state index in [4.69, 9.17) is 4.74 Å². The summed E-state index contributed by atoms with van der Waals surface area (Å²) in [7, 11) is 0. The zero-order valence-electron chi connectivity index (χ0n) is 15.1. The van der Waals surface area contributed by atoms with Crippen molar-refractivity contribution in [1.82, 2.24) is 14.9 Å². The zero-order chi connectivity index (χ0) is 17.9. The fourth-order valence-corrected chi connectivity index (χ4v) is 3.30. The van der Waals surface area contributed by atoms with Crippen molar-refractivity contribution in [2.24, 2.45) is 0 Å². The van der Waals surface area contributed by atoms with Gasteiger partial charge in [-0.15, -0.1) is 11.8 Å². The number of fused-ring (bicyclic) bond motifs is 1. The van der Waals surface area contributed by atoms with Crippen molar-refractivity contribution < 1.29 is 9.53 Å². The van der Waals surface area contributed by atoms with Gasteiger partial charge in [0, 0.05) is 23.5 Å². The van der Waals surface area contributed by atoms with Crippen LogP contribution in [0.5, 0.6) is 0 Å². The number of imidazole rings is 1. The van der Waals surface area contributed by atoms with Gasteiger partial charge in [0.1, 0.15) is 5.82 Å². The molecule has 1 aliphatic rings. The van der Waals surface area contributed by atoms with Gasteiger partial charge in [0.15, 0.2) is 0 Å². The average Bonchev–Trinajstić information content (AvgIpc) is 2.95. The maximum atomic E-state index is 12.1. The average molecular weight is 362 g/mol.